The maximum atomic E-state index is 11.4. The molecule has 10 heteroatoms. The molecule has 0 N–H and O–H groups in total. The fourth-order valence-corrected chi connectivity index (χ4v) is 5.31. The minimum absolute atomic E-state index is 0.00624. The molecule has 0 aliphatic rings. The van der Waals surface area contributed by atoms with Crippen molar-refractivity contribution in [1.29, 1.82) is 0 Å². The second kappa shape index (κ2) is 4.96. The fourth-order valence-electron chi connectivity index (χ4n) is 1.07. The Balaban J connectivity index is 2.45. The van der Waals surface area contributed by atoms with Gasteiger partial charge in [0.05, 0.1) is 4.92 Å². The van der Waals surface area contributed by atoms with Gasteiger partial charge in [0, 0.05) is 23.9 Å². The van der Waals surface area contributed by atoms with E-state index in [0.29, 0.717) is 8.55 Å². The molecule has 0 aromatic carbocycles. The van der Waals surface area contributed by atoms with E-state index < -0.39 is 14.8 Å². The molecule has 2 aromatic heterocycles. The molecule has 2 aromatic rings. The Labute approximate surface area is 115 Å². The van der Waals surface area contributed by atoms with Gasteiger partial charge >= 0.3 is 0 Å². The first kappa shape index (κ1) is 13.5. The zero-order valence-electron chi connectivity index (χ0n) is 8.89. The van der Waals surface area contributed by atoms with Crippen molar-refractivity contribution < 1.29 is 13.3 Å². The Bertz CT molecular complexity index is 674. The quantitative estimate of drug-likeness (QED) is 0.635. The molecular formula is C8H6N2O4S4. The number of aromatic nitrogens is 1. The average Bonchev–Trinajstić information content (AvgIpc) is 2.85. The molecule has 2 rings (SSSR count). The summed E-state index contributed by atoms with van der Waals surface area (Å²) in [7, 11) is -3.43. The van der Waals surface area contributed by atoms with E-state index in [9.17, 15) is 18.5 Å². The van der Waals surface area contributed by atoms with Crippen LogP contribution in [0.2, 0.25) is 0 Å². The second-order valence-corrected chi connectivity index (χ2v) is 8.87. The lowest BCUT2D eigenvalue weighted by Gasteiger charge is -1.92. The Kier molecular flexibility index (Phi) is 3.71. The molecule has 0 aliphatic heterocycles. The van der Waals surface area contributed by atoms with E-state index in [4.69, 9.17) is 0 Å². The molecule has 0 saturated carbocycles. The van der Waals surface area contributed by atoms with Gasteiger partial charge < -0.3 is 0 Å². The predicted octanol–water partition coefficient (Wildman–Crippen LogP) is 2.67. The summed E-state index contributed by atoms with van der Waals surface area (Å²) in [5, 5.41) is 12.6. The fraction of sp³-hybridized carbons (Fsp3) is 0.125. The lowest BCUT2D eigenvalue weighted by Crippen LogP contribution is -1.92. The zero-order chi connectivity index (χ0) is 13.3. The first-order valence-corrected chi connectivity index (χ1v) is 8.84. The Hall–Kier alpha value is -0.970. The molecule has 96 valence electrons. The first-order valence-electron chi connectivity index (χ1n) is 4.43. The number of rotatable bonds is 4. The van der Waals surface area contributed by atoms with E-state index >= 15 is 0 Å². The predicted molar refractivity (Wildman–Crippen MR) is 70.3 cm³/mol. The second-order valence-electron chi connectivity index (χ2n) is 3.17. The van der Waals surface area contributed by atoms with Gasteiger partial charge in [0.15, 0.2) is 14.2 Å². The van der Waals surface area contributed by atoms with Crippen molar-refractivity contribution in [2.75, 3.05) is 6.26 Å². The summed E-state index contributed by atoms with van der Waals surface area (Å²) in [6.45, 7) is 0. The summed E-state index contributed by atoms with van der Waals surface area (Å²) in [4.78, 5) is 14.3. The molecule has 6 nitrogen and oxygen atoms in total. The molecule has 0 bridgehead atoms. The van der Waals surface area contributed by atoms with E-state index in [1.165, 1.54) is 11.3 Å². The molecule has 0 aliphatic carbocycles. The van der Waals surface area contributed by atoms with Crippen molar-refractivity contribution in [3.8, 4) is 0 Å². The van der Waals surface area contributed by atoms with Crippen LogP contribution >= 0.6 is 34.4 Å². The molecule has 0 unspecified atom stereocenters. The van der Waals surface area contributed by atoms with Gasteiger partial charge in [-0.05, 0) is 11.8 Å². The third kappa shape index (κ3) is 2.88. The third-order valence-corrected chi connectivity index (χ3v) is 6.81. The summed E-state index contributed by atoms with van der Waals surface area (Å²) in [5.74, 6) is 0. The molecule has 0 amide bonds. The van der Waals surface area contributed by atoms with Crippen LogP contribution in [0.5, 0.6) is 0 Å². The molecular weight excluding hydrogens is 316 g/mol. The van der Waals surface area contributed by atoms with Crippen LogP contribution in [0.3, 0.4) is 0 Å². The van der Waals surface area contributed by atoms with Crippen LogP contribution in [0, 0.1) is 10.1 Å². The molecule has 0 radical (unpaired) electrons. The van der Waals surface area contributed by atoms with E-state index in [0.717, 1.165) is 35.4 Å². The normalized spacial score (nSPS) is 11.6. The highest BCUT2D eigenvalue weighted by Gasteiger charge is 2.24. The number of hydrogen-bond donors (Lipinski definition) is 0. The largest absolute Gasteiger partial charge is 0.295 e. The number of nitrogens with zero attached hydrogens (tertiary/aromatic N) is 2. The van der Waals surface area contributed by atoms with Gasteiger partial charge in [-0.2, -0.15) is 0 Å². The summed E-state index contributed by atoms with van der Waals surface area (Å²) >= 11 is 3.34. The van der Waals surface area contributed by atoms with Gasteiger partial charge in [0.25, 0.3) is 5.69 Å². The van der Waals surface area contributed by atoms with Gasteiger partial charge in [-0.15, -0.1) is 22.7 Å². The van der Waals surface area contributed by atoms with Crippen LogP contribution in [0.1, 0.15) is 0 Å². The molecule has 0 atom stereocenters. The molecule has 18 heavy (non-hydrogen) atoms. The van der Waals surface area contributed by atoms with Crippen molar-refractivity contribution in [1.82, 2.24) is 4.98 Å². The van der Waals surface area contributed by atoms with E-state index in [1.807, 2.05) is 0 Å². The summed E-state index contributed by atoms with van der Waals surface area (Å²) in [6, 6.07) is 1.09. The van der Waals surface area contributed by atoms with Crippen LogP contribution in [0.25, 0.3) is 0 Å². The summed E-state index contributed by atoms with van der Waals surface area (Å²) in [6.07, 6.45) is 2.62. The maximum Gasteiger partial charge on any atom is 0.295 e. The van der Waals surface area contributed by atoms with Crippen molar-refractivity contribution in [2.24, 2.45) is 0 Å². The van der Waals surface area contributed by atoms with Crippen LogP contribution < -0.4 is 0 Å². The third-order valence-electron chi connectivity index (χ3n) is 1.81. The molecule has 0 saturated heterocycles. The highest BCUT2D eigenvalue weighted by Crippen LogP contribution is 2.43. The van der Waals surface area contributed by atoms with Gasteiger partial charge in [-0.25, -0.2) is 13.4 Å². The molecule has 0 spiro atoms. The monoisotopic (exact) mass is 322 g/mol. The Morgan fingerprint density at radius 3 is 2.72 bits per heavy atom. The smallest absolute Gasteiger partial charge is 0.258 e. The first-order chi connectivity index (χ1) is 8.38. The number of thiazole rings is 1. The lowest BCUT2D eigenvalue weighted by atomic mass is 10.6. The van der Waals surface area contributed by atoms with E-state index in [-0.39, 0.29) is 9.90 Å². The summed E-state index contributed by atoms with van der Waals surface area (Å²) < 4.78 is 23.7. The number of nitro groups is 1. The van der Waals surface area contributed by atoms with Gasteiger partial charge in [0.1, 0.15) is 8.42 Å². The topological polar surface area (TPSA) is 90.2 Å². The average molecular weight is 322 g/mol. The SMILES string of the molecule is CS(=O)(=O)c1cc([N+](=O)[O-])c(Sc2nccs2)s1. The minimum Gasteiger partial charge on any atom is -0.258 e. The van der Waals surface area contributed by atoms with Crippen molar-refractivity contribution in [3.05, 3.63) is 27.8 Å². The lowest BCUT2D eigenvalue weighted by molar-refractivity contribution is -0.387. The molecule has 0 fully saturated rings. The van der Waals surface area contributed by atoms with Crippen LogP contribution in [0.15, 0.2) is 30.4 Å². The maximum absolute atomic E-state index is 11.4. The van der Waals surface area contributed by atoms with E-state index in [1.54, 1.807) is 11.6 Å². The molecule has 2 heterocycles. The number of hydrogen-bond acceptors (Lipinski definition) is 8. The highest BCUT2D eigenvalue weighted by atomic mass is 32.2. The van der Waals surface area contributed by atoms with Crippen molar-refractivity contribution >= 4 is 50.0 Å². The number of sulfone groups is 1. The zero-order valence-corrected chi connectivity index (χ0v) is 12.2. The van der Waals surface area contributed by atoms with Crippen molar-refractivity contribution in [2.45, 2.75) is 12.8 Å². The minimum atomic E-state index is -3.43. The Morgan fingerprint density at radius 2 is 2.22 bits per heavy atom. The van der Waals surface area contributed by atoms with E-state index in [2.05, 4.69) is 4.98 Å². The summed E-state index contributed by atoms with van der Waals surface area (Å²) in [5.41, 5.74) is -0.194. The highest BCUT2D eigenvalue weighted by molar-refractivity contribution is 8.03. The van der Waals surface area contributed by atoms with Crippen LogP contribution in [0.4, 0.5) is 5.69 Å². The number of thiophene rings is 1. The van der Waals surface area contributed by atoms with Crippen LogP contribution in [-0.4, -0.2) is 24.6 Å². The van der Waals surface area contributed by atoms with Gasteiger partial charge in [-0.3, -0.25) is 10.1 Å². The Morgan fingerprint density at radius 1 is 1.50 bits per heavy atom. The van der Waals surface area contributed by atoms with Gasteiger partial charge in [-0.1, -0.05) is 0 Å². The van der Waals surface area contributed by atoms with Crippen LogP contribution in [-0.2, 0) is 9.84 Å². The van der Waals surface area contributed by atoms with Crippen molar-refractivity contribution in [3.63, 3.8) is 0 Å². The standard InChI is InChI=1S/C8H6N2O4S4/c1-18(13,14)6-4-5(10(11)12)7(16-6)17-8-9-2-3-15-8/h2-4H,1H3. The van der Waals surface area contributed by atoms with Gasteiger partial charge in [0.2, 0.25) is 0 Å².